The van der Waals surface area contributed by atoms with Crippen LogP contribution < -0.4 is 10.6 Å². The number of urea groups is 1. The minimum Gasteiger partial charge on any atom is -0.480 e. The number of carboxylic acid groups (broad SMARTS) is 1. The third-order valence-corrected chi connectivity index (χ3v) is 2.63. The molecule has 1 rings (SSSR count). The number of nitrogens with one attached hydrogen (secondary N) is 2. The first-order valence-electron chi connectivity index (χ1n) is 5.56. The van der Waals surface area contributed by atoms with Gasteiger partial charge in [0.25, 0.3) is 0 Å². The van der Waals surface area contributed by atoms with Crippen molar-refractivity contribution < 1.29 is 19.1 Å². The number of hydrogen-bond acceptors (Lipinski definition) is 2. The maximum absolute atomic E-state index is 13.4. The lowest BCUT2D eigenvalue weighted by atomic mass is 10.1. The maximum atomic E-state index is 13.4. The van der Waals surface area contributed by atoms with E-state index in [9.17, 15) is 14.0 Å². The number of rotatable bonds is 4. The second kappa shape index (κ2) is 6.38. The Balaban J connectivity index is 2.72. The smallest absolute Gasteiger partial charge is 0.326 e. The van der Waals surface area contributed by atoms with Crippen molar-refractivity contribution in [1.29, 1.82) is 0 Å². The fourth-order valence-electron chi connectivity index (χ4n) is 1.40. The Labute approximate surface area is 114 Å². The molecule has 0 unspecified atom stereocenters. The largest absolute Gasteiger partial charge is 0.480 e. The van der Waals surface area contributed by atoms with Crippen molar-refractivity contribution in [3.05, 3.63) is 29.0 Å². The van der Waals surface area contributed by atoms with Crippen LogP contribution in [0.1, 0.15) is 13.8 Å². The number of anilines is 1. The zero-order chi connectivity index (χ0) is 14.6. The van der Waals surface area contributed by atoms with Gasteiger partial charge in [-0.2, -0.15) is 0 Å². The minimum absolute atomic E-state index is 0.0743. The summed E-state index contributed by atoms with van der Waals surface area (Å²) in [6, 6.07) is 1.92. The molecule has 0 spiro atoms. The van der Waals surface area contributed by atoms with Gasteiger partial charge in [0.15, 0.2) is 0 Å². The topological polar surface area (TPSA) is 78.4 Å². The molecular formula is C12H14ClFN2O3. The highest BCUT2D eigenvalue weighted by molar-refractivity contribution is 6.30. The van der Waals surface area contributed by atoms with E-state index < -0.39 is 23.9 Å². The Bertz CT molecular complexity index is 494. The van der Waals surface area contributed by atoms with E-state index in [-0.39, 0.29) is 16.6 Å². The normalized spacial score (nSPS) is 12.1. The van der Waals surface area contributed by atoms with E-state index in [4.69, 9.17) is 16.7 Å². The first kappa shape index (κ1) is 15.2. The van der Waals surface area contributed by atoms with Gasteiger partial charge in [0.05, 0.1) is 5.69 Å². The number of benzene rings is 1. The molecule has 1 aromatic rings. The summed E-state index contributed by atoms with van der Waals surface area (Å²) in [7, 11) is 0. The highest BCUT2D eigenvalue weighted by Gasteiger charge is 2.23. The van der Waals surface area contributed by atoms with Crippen LogP contribution in [0.4, 0.5) is 14.9 Å². The van der Waals surface area contributed by atoms with Crippen LogP contribution in [-0.4, -0.2) is 23.1 Å². The van der Waals surface area contributed by atoms with Crippen LogP contribution in [0.5, 0.6) is 0 Å². The van der Waals surface area contributed by atoms with E-state index in [0.29, 0.717) is 0 Å². The Hall–Kier alpha value is -1.82. The molecule has 1 aromatic carbocycles. The molecule has 0 radical (unpaired) electrons. The fraction of sp³-hybridized carbons (Fsp3) is 0.333. The zero-order valence-electron chi connectivity index (χ0n) is 10.4. The van der Waals surface area contributed by atoms with Crippen LogP contribution in [0.3, 0.4) is 0 Å². The number of carbonyl (C=O) groups excluding carboxylic acids is 1. The number of hydrogen-bond donors (Lipinski definition) is 3. The first-order chi connectivity index (χ1) is 8.81. The molecule has 0 heterocycles. The minimum atomic E-state index is -1.15. The number of amides is 2. The quantitative estimate of drug-likeness (QED) is 0.797. The van der Waals surface area contributed by atoms with Crippen molar-refractivity contribution >= 4 is 29.3 Å². The molecule has 3 N–H and O–H groups in total. The molecule has 7 heteroatoms. The second-order valence-electron chi connectivity index (χ2n) is 4.28. The standard InChI is InChI=1S/C12H14ClFN2O3/c1-6(2)10(11(17)18)16-12(19)15-9-4-3-7(13)5-8(9)14/h3-6,10H,1-2H3,(H,17,18)(H2,15,16,19)/t10-/m0/s1. The SMILES string of the molecule is CC(C)[C@H](NC(=O)Nc1ccc(Cl)cc1F)C(=O)O. The first-order valence-corrected chi connectivity index (χ1v) is 5.94. The fourth-order valence-corrected chi connectivity index (χ4v) is 1.56. The number of carbonyl (C=O) groups is 2. The van der Waals surface area contributed by atoms with E-state index in [1.54, 1.807) is 13.8 Å². The average Bonchev–Trinajstić information content (AvgIpc) is 2.29. The maximum Gasteiger partial charge on any atom is 0.326 e. The van der Waals surface area contributed by atoms with Gasteiger partial charge < -0.3 is 15.7 Å². The van der Waals surface area contributed by atoms with E-state index >= 15 is 0 Å². The summed E-state index contributed by atoms with van der Waals surface area (Å²) in [5, 5.41) is 13.6. The lowest BCUT2D eigenvalue weighted by Gasteiger charge is -2.18. The van der Waals surface area contributed by atoms with Crippen LogP contribution in [0.2, 0.25) is 5.02 Å². The van der Waals surface area contributed by atoms with E-state index in [1.165, 1.54) is 12.1 Å². The van der Waals surface area contributed by atoms with E-state index in [0.717, 1.165) is 6.07 Å². The number of carboxylic acids is 1. The van der Waals surface area contributed by atoms with Gasteiger partial charge in [0.2, 0.25) is 0 Å². The summed E-state index contributed by atoms with van der Waals surface area (Å²) in [6.07, 6.45) is 0. The third kappa shape index (κ3) is 4.40. The highest BCUT2D eigenvalue weighted by Crippen LogP contribution is 2.18. The summed E-state index contributed by atoms with van der Waals surface area (Å²) in [5.74, 6) is -2.14. The van der Waals surface area contributed by atoms with Crippen molar-refractivity contribution in [2.45, 2.75) is 19.9 Å². The number of aliphatic carboxylic acids is 1. The molecule has 104 valence electrons. The molecule has 0 aliphatic heterocycles. The monoisotopic (exact) mass is 288 g/mol. The lowest BCUT2D eigenvalue weighted by Crippen LogP contribution is -2.46. The molecule has 2 amide bonds. The molecule has 0 aromatic heterocycles. The molecule has 0 aliphatic rings. The second-order valence-corrected chi connectivity index (χ2v) is 4.72. The predicted octanol–water partition coefficient (Wildman–Crippen LogP) is 2.71. The molecule has 0 saturated heterocycles. The van der Waals surface area contributed by atoms with Crippen molar-refractivity contribution in [2.24, 2.45) is 5.92 Å². The van der Waals surface area contributed by atoms with Gasteiger partial charge in [-0.05, 0) is 24.1 Å². The van der Waals surface area contributed by atoms with E-state index in [1.807, 2.05) is 0 Å². The summed E-state index contributed by atoms with van der Waals surface area (Å²) in [4.78, 5) is 22.5. The Morgan fingerprint density at radius 3 is 2.47 bits per heavy atom. The summed E-state index contributed by atoms with van der Waals surface area (Å²) in [6.45, 7) is 3.31. The van der Waals surface area contributed by atoms with Crippen molar-refractivity contribution in [3.8, 4) is 0 Å². The van der Waals surface area contributed by atoms with Crippen LogP contribution in [0.25, 0.3) is 0 Å². The zero-order valence-corrected chi connectivity index (χ0v) is 11.2. The average molecular weight is 289 g/mol. The Morgan fingerprint density at radius 2 is 2.00 bits per heavy atom. The van der Waals surface area contributed by atoms with Gasteiger partial charge >= 0.3 is 12.0 Å². The Morgan fingerprint density at radius 1 is 1.37 bits per heavy atom. The van der Waals surface area contributed by atoms with Crippen LogP contribution in [0.15, 0.2) is 18.2 Å². The molecule has 19 heavy (non-hydrogen) atoms. The van der Waals surface area contributed by atoms with Gasteiger partial charge in [-0.3, -0.25) is 0 Å². The molecule has 0 aliphatic carbocycles. The molecular weight excluding hydrogens is 275 g/mol. The molecule has 0 bridgehead atoms. The van der Waals surface area contributed by atoms with E-state index in [2.05, 4.69) is 10.6 Å². The van der Waals surface area contributed by atoms with Crippen LogP contribution in [-0.2, 0) is 4.79 Å². The summed E-state index contributed by atoms with van der Waals surface area (Å²) >= 11 is 5.57. The molecule has 1 atom stereocenters. The highest BCUT2D eigenvalue weighted by atomic mass is 35.5. The van der Waals surface area contributed by atoms with Gasteiger partial charge in [0, 0.05) is 5.02 Å². The molecule has 0 saturated carbocycles. The Kier molecular flexibility index (Phi) is 5.11. The van der Waals surface area contributed by atoms with Gasteiger partial charge in [0.1, 0.15) is 11.9 Å². The number of halogens is 2. The van der Waals surface area contributed by atoms with Crippen molar-refractivity contribution in [1.82, 2.24) is 5.32 Å². The van der Waals surface area contributed by atoms with Gasteiger partial charge in [-0.25, -0.2) is 14.0 Å². The van der Waals surface area contributed by atoms with Gasteiger partial charge in [-0.1, -0.05) is 25.4 Å². The molecule has 5 nitrogen and oxygen atoms in total. The van der Waals surface area contributed by atoms with Gasteiger partial charge in [-0.15, -0.1) is 0 Å². The lowest BCUT2D eigenvalue weighted by molar-refractivity contribution is -0.140. The summed E-state index contributed by atoms with van der Waals surface area (Å²) in [5.41, 5.74) is -0.0743. The summed E-state index contributed by atoms with van der Waals surface area (Å²) < 4.78 is 13.4. The van der Waals surface area contributed by atoms with Crippen LogP contribution in [0, 0.1) is 11.7 Å². The van der Waals surface area contributed by atoms with Crippen molar-refractivity contribution in [3.63, 3.8) is 0 Å². The molecule has 0 fully saturated rings. The predicted molar refractivity (Wildman–Crippen MR) is 69.8 cm³/mol. The third-order valence-electron chi connectivity index (χ3n) is 2.40. The van der Waals surface area contributed by atoms with Crippen molar-refractivity contribution in [2.75, 3.05) is 5.32 Å². The van der Waals surface area contributed by atoms with Crippen LogP contribution >= 0.6 is 11.6 Å².